The van der Waals surface area contributed by atoms with E-state index in [1.807, 2.05) is 12.1 Å². The van der Waals surface area contributed by atoms with E-state index in [-0.39, 0.29) is 5.56 Å². The predicted molar refractivity (Wildman–Crippen MR) is 102 cm³/mol. The number of benzene rings is 1. The maximum absolute atomic E-state index is 12.3. The zero-order chi connectivity index (χ0) is 18.4. The van der Waals surface area contributed by atoms with E-state index in [9.17, 15) is 4.79 Å². The van der Waals surface area contributed by atoms with Gasteiger partial charge in [0, 0.05) is 32.6 Å². The highest BCUT2D eigenvalue weighted by molar-refractivity contribution is 5.28. The largest absolute Gasteiger partial charge is 0.379 e. The van der Waals surface area contributed by atoms with Crippen molar-refractivity contribution in [1.29, 1.82) is 0 Å². The molecule has 0 radical (unpaired) electrons. The topological polar surface area (TPSA) is 83.1 Å². The van der Waals surface area contributed by atoms with Crippen LogP contribution in [0.4, 0.5) is 5.95 Å². The fourth-order valence-electron chi connectivity index (χ4n) is 2.93. The number of hydrogen-bond donors (Lipinski definition) is 2. The molecule has 2 aromatic rings. The third-order valence-corrected chi connectivity index (χ3v) is 4.61. The van der Waals surface area contributed by atoms with Gasteiger partial charge in [-0.3, -0.25) is 14.7 Å². The maximum Gasteiger partial charge on any atom is 0.274 e. The average Bonchev–Trinajstić information content (AvgIpc) is 2.65. The van der Waals surface area contributed by atoms with Crippen LogP contribution in [0.25, 0.3) is 0 Å². The molecule has 0 amide bonds. The van der Waals surface area contributed by atoms with E-state index >= 15 is 0 Å². The molecule has 1 aliphatic heterocycles. The van der Waals surface area contributed by atoms with E-state index in [0.717, 1.165) is 38.4 Å². The van der Waals surface area contributed by atoms with E-state index in [0.29, 0.717) is 30.5 Å². The van der Waals surface area contributed by atoms with Gasteiger partial charge in [0.25, 0.3) is 5.56 Å². The van der Waals surface area contributed by atoms with Crippen LogP contribution in [0.5, 0.6) is 0 Å². The number of H-pyrrole nitrogens is 1. The van der Waals surface area contributed by atoms with Gasteiger partial charge >= 0.3 is 0 Å². The van der Waals surface area contributed by atoms with E-state index in [1.54, 1.807) is 0 Å². The number of aromatic amines is 1. The Kier molecular flexibility index (Phi) is 6.35. The number of aromatic nitrogens is 3. The zero-order valence-electron chi connectivity index (χ0n) is 15.5. The van der Waals surface area contributed by atoms with Gasteiger partial charge in [0.1, 0.15) is 5.69 Å². The Hall–Kier alpha value is -2.25. The van der Waals surface area contributed by atoms with Gasteiger partial charge in [-0.05, 0) is 17.0 Å². The number of anilines is 1. The summed E-state index contributed by atoms with van der Waals surface area (Å²) in [5, 5.41) is 11.3. The number of morpholine rings is 1. The summed E-state index contributed by atoms with van der Waals surface area (Å²) >= 11 is 0. The molecule has 26 heavy (non-hydrogen) atoms. The second-order valence-corrected chi connectivity index (χ2v) is 6.90. The number of ether oxygens (including phenoxy) is 1. The van der Waals surface area contributed by atoms with Gasteiger partial charge in [-0.15, -0.1) is 10.2 Å². The molecule has 1 aromatic carbocycles. The molecule has 0 bridgehead atoms. The predicted octanol–water partition coefficient (Wildman–Crippen LogP) is 1.62. The van der Waals surface area contributed by atoms with Crippen LogP contribution >= 0.6 is 0 Å². The fourth-order valence-corrected chi connectivity index (χ4v) is 2.93. The first-order valence-corrected chi connectivity index (χ1v) is 9.20. The van der Waals surface area contributed by atoms with Gasteiger partial charge in [-0.1, -0.05) is 38.1 Å². The van der Waals surface area contributed by atoms with Gasteiger partial charge < -0.3 is 10.1 Å². The molecular formula is C19H27N5O2. The van der Waals surface area contributed by atoms with Gasteiger partial charge in [0.05, 0.1) is 13.2 Å². The van der Waals surface area contributed by atoms with Crippen molar-refractivity contribution < 1.29 is 4.74 Å². The molecule has 1 saturated heterocycles. The summed E-state index contributed by atoms with van der Waals surface area (Å²) < 4.78 is 5.33. The van der Waals surface area contributed by atoms with Crippen molar-refractivity contribution in [1.82, 2.24) is 20.1 Å². The van der Waals surface area contributed by atoms with Crippen LogP contribution in [0.15, 0.2) is 29.1 Å². The van der Waals surface area contributed by atoms with Crippen molar-refractivity contribution in [3.63, 3.8) is 0 Å². The SMILES string of the molecule is CC(C)c1ccc(Cc2nnc(NCCN3CCOCC3)[nH]c2=O)cc1. The second-order valence-electron chi connectivity index (χ2n) is 6.90. The number of nitrogens with one attached hydrogen (secondary N) is 2. The molecule has 1 fully saturated rings. The molecule has 140 valence electrons. The lowest BCUT2D eigenvalue weighted by Gasteiger charge is -2.26. The summed E-state index contributed by atoms with van der Waals surface area (Å²) in [7, 11) is 0. The number of hydrogen-bond acceptors (Lipinski definition) is 6. The lowest BCUT2D eigenvalue weighted by molar-refractivity contribution is 0.0398. The fraction of sp³-hybridized carbons (Fsp3) is 0.526. The van der Waals surface area contributed by atoms with Crippen LogP contribution < -0.4 is 10.9 Å². The molecule has 1 aromatic heterocycles. The molecule has 7 heteroatoms. The highest BCUT2D eigenvalue weighted by Gasteiger charge is 2.10. The highest BCUT2D eigenvalue weighted by atomic mass is 16.5. The lowest BCUT2D eigenvalue weighted by Crippen LogP contribution is -2.39. The maximum atomic E-state index is 12.3. The molecule has 2 N–H and O–H groups in total. The first-order chi connectivity index (χ1) is 12.6. The minimum absolute atomic E-state index is 0.193. The summed E-state index contributed by atoms with van der Waals surface area (Å²) in [4.78, 5) is 17.4. The minimum atomic E-state index is -0.193. The second kappa shape index (κ2) is 8.91. The van der Waals surface area contributed by atoms with Gasteiger partial charge in [0.2, 0.25) is 5.95 Å². The molecular weight excluding hydrogens is 330 g/mol. The third-order valence-electron chi connectivity index (χ3n) is 4.61. The summed E-state index contributed by atoms with van der Waals surface area (Å²) in [5.41, 5.74) is 2.58. The van der Waals surface area contributed by atoms with Crippen molar-refractivity contribution >= 4 is 5.95 Å². The van der Waals surface area contributed by atoms with Crippen LogP contribution in [0, 0.1) is 0 Å². The first kappa shape index (κ1) is 18.5. The standard InChI is InChI=1S/C19H27N5O2/c1-14(2)16-5-3-15(4-6-16)13-17-18(25)21-19(23-22-17)20-7-8-24-9-11-26-12-10-24/h3-6,14H,7-13H2,1-2H3,(H2,20,21,23,25). The van der Waals surface area contributed by atoms with Gasteiger partial charge in [-0.25, -0.2) is 0 Å². The summed E-state index contributed by atoms with van der Waals surface area (Å²) in [6, 6.07) is 8.29. The molecule has 1 aliphatic rings. The van der Waals surface area contributed by atoms with Crippen LogP contribution in [0.1, 0.15) is 36.6 Å². The smallest absolute Gasteiger partial charge is 0.274 e. The molecule has 3 rings (SSSR count). The molecule has 0 spiro atoms. The van der Waals surface area contributed by atoms with Crippen LogP contribution in [0.2, 0.25) is 0 Å². The van der Waals surface area contributed by atoms with Crippen LogP contribution in [-0.2, 0) is 11.2 Å². The molecule has 0 atom stereocenters. The quantitative estimate of drug-likeness (QED) is 0.784. The molecule has 7 nitrogen and oxygen atoms in total. The Bertz CT molecular complexity index is 751. The zero-order valence-corrected chi connectivity index (χ0v) is 15.5. The monoisotopic (exact) mass is 357 g/mol. The van der Waals surface area contributed by atoms with E-state index in [2.05, 4.69) is 51.4 Å². The van der Waals surface area contributed by atoms with E-state index in [1.165, 1.54) is 5.56 Å². The average molecular weight is 357 g/mol. The van der Waals surface area contributed by atoms with Gasteiger partial charge in [0.15, 0.2) is 0 Å². The first-order valence-electron chi connectivity index (χ1n) is 9.20. The van der Waals surface area contributed by atoms with Crippen molar-refractivity contribution in [2.45, 2.75) is 26.2 Å². The Morgan fingerprint density at radius 3 is 2.58 bits per heavy atom. The van der Waals surface area contributed by atoms with Gasteiger partial charge in [-0.2, -0.15) is 0 Å². The summed E-state index contributed by atoms with van der Waals surface area (Å²) in [5.74, 6) is 0.914. The molecule has 0 unspecified atom stereocenters. The van der Waals surface area contributed by atoms with Crippen molar-refractivity contribution in [3.8, 4) is 0 Å². The summed E-state index contributed by atoms with van der Waals surface area (Å²) in [6.07, 6.45) is 0.481. The van der Waals surface area contributed by atoms with Crippen molar-refractivity contribution in [2.75, 3.05) is 44.7 Å². The van der Waals surface area contributed by atoms with Crippen molar-refractivity contribution in [2.24, 2.45) is 0 Å². The van der Waals surface area contributed by atoms with Crippen molar-refractivity contribution in [3.05, 3.63) is 51.4 Å². The highest BCUT2D eigenvalue weighted by Crippen LogP contribution is 2.15. The Morgan fingerprint density at radius 1 is 1.19 bits per heavy atom. The minimum Gasteiger partial charge on any atom is -0.379 e. The number of rotatable bonds is 7. The Labute approximate surface area is 153 Å². The molecule has 0 saturated carbocycles. The normalized spacial score (nSPS) is 15.3. The van der Waals surface area contributed by atoms with Crippen LogP contribution in [-0.4, -0.2) is 59.5 Å². The van der Waals surface area contributed by atoms with Crippen LogP contribution in [0.3, 0.4) is 0 Å². The Morgan fingerprint density at radius 2 is 1.92 bits per heavy atom. The van der Waals surface area contributed by atoms with E-state index in [4.69, 9.17) is 4.74 Å². The molecule has 2 heterocycles. The van der Waals surface area contributed by atoms with E-state index < -0.39 is 0 Å². The number of nitrogens with zero attached hydrogens (tertiary/aromatic N) is 3. The molecule has 0 aliphatic carbocycles. The lowest BCUT2D eigenvalue weighted by atomic mass is 10.0. The summed E-state index contributed by atoms with van der Waals surface area (Å²) in [6.45, 7) is 9.37. The third kappa shape index (κ3) is 5.12. The Balaban J connectivity index is 1.54.